The fourth-order valence-corrected chi connectivity index (χ4v) is 5.19. The number of carbonyl (C=O) groups is 1. The number of thioether (sulfide) groups is 1. The first-order chi connectivity index (χ1) is 13.9. The van der Waals surface area contributed by atoms with Crippen LogP contribution in [0.25, 0.3) is 0 Å². The molecule has 6 nitrogen and oxygen atoms in total. The van der Waals surface area contributed by atoms with Crippen LogP contribution >= 0.6 is 35.7 Å². The molecular weight excluding hydrogens is 511 g/mol. The molecule has 2 heterocycles. The van der Waals surface area contributed by atoms with Gasteiger partial charge < -0.3 is 20.3 Å². The maximum absolute atomic E-state index is 12.8. The average Bonchev–Trinajstić information content (AvgIpc) is 3.14. The summed E-state index contributed by atoms with van der Waals surface area (Å²) in [6.07, 6.45) is 2.70. The summed E-state index contributed by atoms with van der Waals surface area (Å²) in [6.45, 7) is 9.22. The van der Waals surface area contributed by atoms with Gasteiger partial charge in [-0.1, -0.05) is 12.1 Å². The number of hydrogen-bond donors (Lipinski definition) is 2. The molecule has 1 aromatic carbocycles. The van der Waals surface area contributed by atoms with Crippen molar-refractivity contribution in [2.75, 3.05) is 32.4 Å². The van der Waals surface area contributed by atoms with E-state index in [1.54, 1.807) is 7.05 Å². The van der Waals surface area contributed by atoms with E-state index in [1.807, 2.05) is 54.8 Å². The van der Waals surface area contributed by atoms with E-state index in [-0.39, 0.29) is 42.1 Å². The van der Waals surface area contributed by atoms with E-state index in [9.17, 15) is 4.79 Å². The largest absolute Gasteiger partial charge is 0.372 e. The quantitative estimate of drug-likeness (QED) is 0.336. The highest BCUT2D eigenvalue weighted by Crippen LogP contribution is 2.36. The lowest BCUT2D eigenvalue weighted by molar-refractivity contribution is -0.0586. The van der Waals surface area contributed by atoms with Gasteiger partial charge in [0.1, 0.15) is 0 Å². The lowest BCUT2D eigenvalue weighted by Gasteiger charge is -2.35. The van der Waals surface area contributed by atoms with Crippen molar-refractivity contribution >= 4 is 47.6 Å². The van der Waals surface area contributed by atoms with Crippen molar-refractivity contribution < 1.29 is 9.53 Å². The molecule has 1 aromatic rings. The van der Waals surface area contributed by atoms with Gasteiger partial charge in [0, 0.05) is 43.5 Å². The van der Waals surface area contributed by atoms with Crippen molar-refractivity contribution in [1.29, 1.82) is 0 Å². The number of amides is 1. The molecule has 30 heavy (non-hydrogen) atoms. The molecule has 0 aromatic heterocycles. The van der Waals surface area contributed by atoms with Crippen LogP contribution in [0, 0.1) is 0 Å². The Labute approximate surface area is 202 Å². The maximum atomic E-state index is 12.8. The molecule has 3 unspecified atom stereocenters. The molecule has 2 aliphatic rings. The SMILES string of the molecule is CN=C(NCc1ccc(C(=O)N2CC(C)OC(C)C2)cc1)NCC1(C)CCCS1.I. The lowest BCUT2D eigenvalue weighted by atomic mass is 10.1. The molecule has 3 atom stereocenters. The van der Waals surface area contributed by atoms with Gasteiger partial charge >= 0.3 is 0 Å². The Kier molecular flexibility index (Phi) is 9.74. The number of morpholine rings is 1. The van der Waals surface area contributed by atoms with Crippen molar-refractivity contribution in [1.82, 2.24) is 15.5 Å². The van der Waals surface area contributed by atoms with Gasteiger partial charge in [0.15, 0.2) is 5.96 Å². The number of hydrogen-bond acceptors (Lipinski definition) is 4. The zero-order valence-corrected chi connectivity index (χ0v) is 21.6. The Hall–Kier alpha value is -1.00. The van der Waals surface area contributed by atoms with Crippen LogP contribution in [-0.4, -0.2) is 66.2 Å². The van der Waals surface area contributed by atoms with Crippen LogP contribution in [0.5, 0.6) is 0 Å². The summed E-state index contributed by atoms with van der Waals surface area (Å²) in [5.74, 6) is 2.14. The molecule has 0 radical (unpaired) electrons. The van der Waals surface area contributed by atoms with Crippen LogP contribution in [0.2, 0.25) is 0 Å². The maximum Gasteiger partial charge on any atom is 0.254 e. The van der Waals surface area contributed by atoms with E-state index < -0.39 is 0 Å². The first-order valence-electron chi connectivity index (χ1n) is 10.5. The molecule has 168 valence electrons. The summed E-state index contributed by atoms with van der Waals surface area (Å²) in [5.41, 5.74) is 1.85. The van der Waals surface area contributed by atoms with Crippen LogP contribution < -0.4 is 10.6 Å². The second-order valence-corrected chi connectivity index (χ2v) is 10.0. The minimum absolute atomic E-state index is 0. The van der Waals surface area contributed by atoms with Gasteiger partial charge in [-0.05, 0) is 57.1 Å². The molecule has 2 fully saturated rings. The van der Waals surface area contributed by atoms with Crippen molar-refractivity contribution in [3.63, 3.8) is 0 Å². The summed E-state index contributed by atoms with van der Waals surface area (Å²) < 4.78 is 6.02. The molecule has 2 aliphatic heterocycles. The number of halogens is 1. The van der Waals surface area contributed by atoms with Crippen LogP contribution in [0.4, 0.5) is 0 Å². The van der Waals surface area contributed by atoms with Crippen molar-refractivity contribution in [3.8, 4) is 0 Å². The smallest absolute Gasteiger partial charge is 0.254 e. The fourth-order valence-electron chi connectivity index (χ4n) is 3.94. The minimum atomic E-state index is 0. The molecule has 8 heteroatoms. The second kappa shape index (κ2) is 11.6. The van der Waals surface area contributed by atoms with Gasteiger partial charge in [-0.2, -0.15) is 11.8 Å². The number of nitrogens with one attached hydrogen (secondary N) is 2. The monoisotopic (exact) mass is 546 g/mol. The normalized spacial score (nSPS) is 26.8. The van der Waals surface area contributed by atoms with E-state index in [1.165, 1.54) is 18.6 Å². The molecule has 0 spiro atoms. The average molecular weight is 547 g/mol. The number of benzene rings is 1. The summed E-state index contributed by atoms with van der Waals surface area (Å²) >= 11 is 2.04. The Morgan fingerprint density at radius 3 is 2.47 bits per heavy atom. The number of nitrogens with zero attached hydrogens (tertiary/aromatic N) is 2. The highest BCUT2D eigenvalue weighted by Gasteiger charge is 2.29. The van der Waals surface area contributed by atoms with E-state index in [4.69, 9.17) is 4.74 Å². The van der Waals surface area contributed by atoms with Crippen LogP contribution in [0.15, 0.2) is 29.3 Å². The van der Waals surface area contributed by atoms with Gasteiger partial charge in [-0.25, -0.2) is 0 Å². The molecule has 1 amide bonds. The third-order valence-corrected chi connectivity index (χ3v) is 7.06. The number of rotatable bonds is 5. The Bertz CT molecular complexity index is 712. The first kappa shape index (κ1) is 25.3. The Balaban J connectivity index is 0.00000320. The Morgan fingerprint density at radius 2 is 1.90 bits per heavy atom. The third-order valence-electron chi connectivity index (χ3n) is 5.52. The van der Waals surface area contributed by atoms with Gasteiger partial charge in [-0.3, -0.25) is 9.79 Å². The fraction of sp³-hybridized carbons (Fsp3) is 0.636. The van der Waals surface area contributed by atoms with Gasteiger partial charge in [0.25, 0.3) is 5.91 Å². The topological polar surface area (TPSA) is 66.0 Å². The van der Waals surface area contributed by atoms with Crippen LogP contribution in [0.3, 0.4) is 0 Å². The molecule has 0 aliphatic carbocycles. The zero-order valence-electron chi connectivity index (χ0n) is 18.4. The van der Waals surface area contributed by atoms with Crippen molar-refractivity contribution in [3.05, 3.63) is 35.4 Å². The highest BCUT2D eigenvalue weighted by molar-refractivity contribution is 14.0. The lowest BCUT2D eigenvalue weighted by Crippen LogP contribution is -2.48. The summed E-state index contributed by atoms with van der Waals surface area (Å²) in [4.78, 5) is 19.0. The molecule has 0 saturated carbocycles. The van der Waals surface area contributed by atoms with E-state index >= 15 is 0 Å². The standard InChI is InChI=1S/C22H34N4O2S.HI/c1-16-13-26(14-17(2)28-16)20(27)19-8-6-18(7-9-19)12-24-21(23-4)25-15-22(3)10-5-11-29-22;/h6-9,16-17H,5,10-15H2,1-4H3,(H2,23,24,25);1H. The van der Waals surface area contributed by atoms with Crippen molar-refractivity contribution in [2.45, 2.75) is 57.1 Å². The number of aliphatic imine (C=N–C) groups is 1. The first-order valence-corrected chi connectivity index (χ1v) is 11.5. The number of carbonyl (C=O) groups excluding carboxylic acids is 1. The van der Waals surface area contributed by atoms with E-state index in [2.05, 4.69) is 22.5 Å². The number of ether oxygens (including phenoxy) is 1. The minimum Gasteiger partial charge on any atom is -0.372 e. The predicted octanol–water partition coefficient (Wildman–Crippen LogP) is 3.50. The van der Waals surface area contributed by atoms with Crippen LogP contribution in [-0.2, 0) is 11.3 Å². The highest BCUT2D eigenvalue weighted by atomic mass is 127. The van der Waals surface area contributed by atoms with Gasteiger partial charge in [-0.15, -0.1) is 24.0 Å². The van der Waals surface area contributed by atoms with Crippen LogP contribution in [0.1, 0.15) is 49.5 Å². The summed E-state index contributed by atoms with van der Waals surface area (Å²) in [6, 6.07) is 7.84. The van der Waals surface area contributed by atoms with E-state index in [0.29, 0.717) is 24.4 Å². The third kappa shape index (κ3) is 7.02. The molecule has 2 N–H and O–H groups in total. The predicted molar refractivity (Wildman–Crippen MR) is 136 cm³/mol. The number of guanidine groups is 1. The van der Waals surface area contributed by atoms with Gasteiger partial charge in [0.2, 0.25) is 0 Å². The summed E-state index contributed by atoms with van der Waals surface area (Å²) in [5, 5.41) is 6.82. The Morgan fingerprint density at radius 1 is 1.23 bits per heavy atom. The molecule has 0 bridgehead atoms. The molecule has 3 rings (SSSR count). The molecule has 2 saturated heterocycles. The van der Waals surface area contributed by atoms with Crippen molar-refractivity contribution in [2.24, 2.45) is 4.99 Å². The second-order valence-electron chi connectivity index (χ2n) is 8.35. The van der Waals surface area contributed by atoms with Gasteiger partial charge in [0.05, 0.1) is 12.2 Å². The van der Waals surface area contributed by atoms with E-state index in [0.717, 1.165) is 23.6 Å². The summed E-state index contributed by atoms with van der Waals surface area (Å²) in [7, 11) is 1.80. The molecular formula is C22H35IN4O2S. The zero-order chi connectivity index (χ0) is 20.9.